The van der Waals surface area contributed by atoms with Crippen LogP contribution < -0.4 is 10.2 Å². The Labute approximate surface area is 91.1 Å². The van der Waals surface area contributed by atoms with E-state index in [2.05, 4.69) is 5.32 Å². The van der Waals surface area contributed by atoms with Gasteiger partial charge in [-0.3, -0.25) is 4.90 Å². The summed E-state index contributed by atoms with van der Waals surface area (Å²) in [6, 6.07) is 7.91. The molecule has 0 aliphatic carbocycles. The molecule has 1 rings (SSSR count). The molecule has 0 atom stereocenters. The lowest BCUT2D eigenvalue weighted by Crippen LogP contribution is -2.39. The van der Waals surface area contributed by atoms with Gasteiger partial charge in [-0.1, -0.05) is 12.1 Å². The first kappa shape index (κ1) is 11.6. The van der Waals surface area contributed by atoms with Crippen LogP contribution in [0.15, 0.2) is 24.3 Å². The van der Waals surface area contributed by atoms with Crippen molar-refractivity contribution in [1.29, 1.82) is 0 Å². The Morgan fingerprint density at radius 2 is 2.13 bits per heavy atom. The molecule has 0 heterocycles. The fourth-order valence-electron chi connectivity index (χ4n) is 1.49. The summed E-state index contributed by atoms with van der Waals surface area (Å²) in [6.45, 7) is 7.24. The monoisotopic (exact) mass is 206 g/mol. The van der Waals surface area contributed by atoms with Crippen LogP contribution >= 0.6 is 0 Å². The molecule has 0 saturated heterocycles. The average molecular weight is 206 g/mol. The minimum absolute atomic E-state index is 0.0365. The molecule has 1 aromatic rings. The Morgan fingerprint density at radius 3 is 2.67 bits per heavy atom. The van der Waals surface area contributed by atoms with Gasteiger partial charge in [-0.2, -0.15) is 0 Å². The minimum atomic E-state index is -0.0365. The predicted octanol–water partition coefficient (Wildman–Crippen LogP) is 2.55. The second kappa shape index (κ2) is 5.39. The molecule has 0 spiro atoms. The van der Waals surface area contributed by atoms with E-state index in [1.165, 1.54) is 0 Å². The molecule has 1 aromatic carbocycles. The van der Waals surface area contributed by atoms with Crippen molar-refractivity contribution in [2.45, 2.75) is 20.8 Å². The van der Waals surface area contributed by atoms with Gasteiger partial charge in [0, 0.05) is 18.8 Å². The van der Waals surface area contributed by atoms with Crippen LogP contribution in [0.25, 0.3) is 0 Å². The van der Waals surface area contributed by atoms with E-state index < -0.39 is 0 Å². The number of aryl methyl sites for hydroxylation is 1. The van der Waals surface area contributed by atoms with Crippen LogP contribution in [0.2, 0.25) is 0 Å². The maximum atomic E-state index is 11.7. The van der Waals surface area contributed by atoms with Gasteiger partial charge in [0.05, 0.1) is 0 Å². The van der Waals surface area contributed by atoms with Crippen molar-refractivity contribution in [2.24, 2.45) is 0 Å². The summed E-state index contributed by atoms with van der Waals surface area (Å²) in [4.78, 5) is 13.4. The first-order valence-corrected chi connectivity index (χ1v) is 5.31. The van der Waals surface area contributed by atoms with Gasteiger partial charge in [-0.25, -0.2) is 4.79 Å². The quantitative estimate of drug-likeness (QED) is 0.810. The Kier molecular flexibility index (Phi) is 4.16. The summed E-state index contributed by atoms with van der Waals surface area (Å²) < 4.78 is 0. The van der Waals surface area contributed by atoms with Crippen LogP contribution in [-0.2, 0) is 0 Å². The van der Waals surface area contributed by atoms with E-state index in [1.807, 2.05) is 45.0 Å². The van der Waals surface area contributed by atoms with Crippen LogP contribution in [0, 0.1) is 6.92 Å². The van der Waals surface area contributed by atoms with Crippen molar-refractivity contribution in [3.8, 4) is 0 Å². The topological polar surface area (TPSA) is 32.3 Å². The van der Waals surface area contributed by atoms with E-state index in [0.717, 1.165) is 11.3 Å². The average Bonchev–Trinajstić information content (AvgIpc) is 2.19. The van der Waals surface area contributed by atoms with Gasteiger partial charge >= 0.3 is 6.03 Å². The third kappa shape index (κ3) is 2.98. The number of carbonyl (C=O) groups is 1. The lowest BCUT2D eigenvalue weighted by atomic mass is 10.2. The summed E-state index contributed by atoms with van der Waals surface area (Å²) in [5.74, 6) is 0. The van der Waals surface area contributed by atoms with Crippen LogP contribution in [0.4, 0.5) is 10.5 Å². The Morgan fingerprint density at radius 1 is 1.40 bits per heavy atom. The predicted molar refractivity (Wildman–Crippen MR) is 63.3 cm³/mol. The zero-order valence-corrected chi connectivity index (χ0v) is 9.58. The Balaban J connectivity index is 2.87. The third-order valence-corrected chi connectivity index (χ3v) is 2.20. The molecule has 0 saturated carbocycles. The number of anilines is 1. The zero-order chi connectivity index (χ0) is 11.3. The number of rotatable bonds is 3. The molecule has 3 nitrogen and oxygen atoms in total. The number of hydrogen-bond donors (Lipinski definition) is 1. The van der Waals surface area contributed by atoms with Crippen molar-refractivity contribution in [3.05, 3.63) is 29.8 Å². The molecule has 15 heavy (non-hydrogen) atoms. The number of hydrogen-bond acceptors (Lipinski definition) is 1. The van der Waals surface area contributed by atoms with E-state index in [0.29, 0.717) is 13.1 Å². The van der Waals surface area contributed by atoms with Gasteiger partial charge < -0.3 is 5.32 Å². The highest BCUT2D eigenvalue weighted by Crippen LogP contribution is 2.15. The number of amides is 2. The summed E-state index contributed by atoms with van der Waals surface area (Å²) in [5, 5.41) is 2.80. The Hall–Kier alpha value is -1.51. The van der Waals surface area contributed by atoms with Gasteiger partial charge in [-0.05, 0) is 38.5 Å². The van der Waals surface area contributed by atoms with E-state index in [-0.39, 0.29) is 6.03 Å². The molecule has 0 unspecified atom stereocenters. The highest BCUT2D eigenvalue weighted by atomic mass is 16.2. The van der Waals surface area contributed by atoms with Gasteiger partial charge in [0.25, 0.3) is 0 Å². The smallest absolute Gasteiger partial charge is 0.321 e. The number of benzene rings is 1. The van der Waals surface area contributed by atoms with E-state index in [9.17, 15) is 4.79 Å². The van der Waals surface area contributed by atoms with Crippen molar-refractivity contribution < 1.29 is 4.79 Å². The highest BCUT2D eigenvalue weighted by molar-refractivity contribution is 5.91. The van der Waals surface area contributed by atoms with Crippen LogP contribution in [-0.4, -0.2) is 19.1 Å². The molecule has 0 fully saturated rings. The van der Waals surface area contributed by atoms with E-state index in [4.69, 9.17) is 0 Å². The number of carbonyl (C=O) groups excluding carboxylic acids is 1. The second-order valence-electron chi connectivity index (χ2n) is 3.42. The summed E-state index contributed by atoms with van der Waals surface area (Å²) in [7, 11) is 0. The second-order valence-corrected chi connectivity index (χ2v) is 3.42. The number of urea groups is 1. The molecule has 2 amide bonds. The van der Waals surface area contributed by atoms with Gasteiger partial charge in [0.2, 0.25) is 0 Å². The van der Waals surface area contributed by atoms with Gasteiger partial charge in [0.15, 0.2) is 0 Å². The molecular formula is C12H18N2O. The number of nitrogens with one attached hydrogen (secondary N) is 1. The fraction of sp³-hybridized carbons (Fsp3) is 0.417. The lowest BCUT2D eigenvalue weighted by molar-refractivity contribution is 0.247. The Bertz CT molecular complexity index is 336. The molecule has 1 N–H and O–H groups in total. The van der Waals surface area contributed by atoms with E-state index >= 15 is 0 Å². The molecule has 82 valence electrons. The minimum Gasteiger partial charge on any atom is -0.338 e. The molecule has 0 aliphatic rings. The van der Waals surface area contributed by atoms with E-state index in [1.54, 1.807) is 4.90 Å². The SMILES string of the molecule is CCNC(=O)N(CC)c1cccc(C)c1. The summed E-state index contributed by atoms with van der Waals surface area (Å²) >= 11 is 0. The van der Waals surface area contributed by atoms with Crippen molar-refractivity contribution >= 4 is 11.7 Å². The molecule has 0 aromatic heterocycles. The first-order valence-electron chi connectivity index (χ1n) is 5.31. The van der Waals surface area contributed by atoms with Gasteiger partial charge in [0.1, 0.15) is 0 Å². The normalized spacial score (nSPS) is 9.80. The molecule has 0 radical (unpaired) electrons. The maximum absolute atomic E-state index is 11.7. The largest absolute Gasteiger partial charge is 0.338 e. The van der Waals surface area contributed by atoms with Crippen LogP contribution in [0.5, 0.6) is 0 Å². The first-order chi connectivity index (χ1) is 7.19. The van der Waals surface area contributed by atoms with Gasteiger partial charge in [-0.15, -0.1) is 0 Å². The highest BCUT2D eigenvalue weighted by Gasteiger charge is 2.11. The standard InChI is InChI=1S/C12H18N2O/c1-4-13-12(15)14(5-2)11-8-6-7-10(3)9-11/h6-9H,4-5H2,1-3H3,(H,13,15). The molecule has 0 bridgehead atoms. The molecule has 3 heteroatoms. The van der Waals surface area contributed by atoms with Crippen molar-refractivity contribution in [2.75, 3.05) is 18.0 Å². The van der Waals surface area contributed by atoms with Crippen molar-refractivity contribution in [3.63, 3.8) is 0 Å². The van der Waals surface area contributed by atoms with Crippen LogP contribution in [0.3, 0.4) is 0 Å². The lowest BCUT2D eigenvalue weighted by Gasteiger charge is -2.21. The third-order valence-electron chi connectivity index (χ3n) is 2.20. The summed E-state index contributed by atoms with van der Waals surface area (Å²) in [5.41, 5.74) is 2.11. The zero-order valence-electron chi connectivity index (χ0n) is 9.58. The molecule has 0 aliphatic heterocycles. The number of nitrogens with zero attached hydrogens (tertiary/aromatic N) is 1. The fourth-order valence-corrected chi connectivity index (χ4v) is 1.49. The van der Waals surface area contributed by atoms with Crippen LogP contribution in [0.1, 0.15) is 19.4 Å². The summed E-state index contributed by atoms with van der Waals surface area (Å²) in [6.07, 6.45) is 0. The molecular weight excluding hydrogens is 188 g/mol. The maximum Gasteiger partial charge on any atom is 0.321 e. The van der Waals surface area contributed by atoms with Crippen molar-refractivity contribution in [1.82, 2.24) is 5.32 Å².